The van der Waals surface area contributed by atoms with Crippen LogP contribution in [0.2, 0.25) is 0 Å². The fourth-order valence-corrected chi connectivity index (χ4v) is 2.68. The summed E-state index contributed by atoms with van der Waals surface area (Å²) in [6.45, 7) is 3.97. The molecule has 0 atom stereocenters. The lowest BCUT2D eigenvalue weighted by Gasteiger charge is -2.07. The predicted molar refractivity (Wildman–Crippen MR) is 80.1 cm³/mol. The number of nitrogens with one attached hydrogen (secondary N) is 2. The van der Waals surface area contributed by atoms with Gasteiger partial charge in [-0.15, -0.1) is 0 Å². The smallest absolute Gasteiger partial charge is 0.307 e. The second-order valence-electron chi connectivity index (χ2n) is 3.71. The summed E-state index contributed by atoms with van der Waals surface area (Å²) in [6.07, 6.45) is 0. The van der Waals surface area contributed by atoms with Gasteiger partial charge < -0.3 is 5.32 Å². The van der Waals surface area contributed by atoms with E-state index in [0.717, 1.165) is 17.0 Å². The van der Waals surface area contributed by atoms with Crippen LogP contribution in [0.1, 0.15) is 12.5 Å². The van der Waals surface area contributed by atoms with Crippen LogP contribution in [0.5, 0.6) is 0 Å². The molecule has 2 amide bonds. The van der Waals surface area contributed by atoms with Crippen molar-refractivity contribution in [2.45, 2.75) is 19.0 Å². The van der Waals surface area contributed by atoms with Crippen molar-refractivity contribution < 1.29 is 4.79 Å². The first-order valence-corrected chi connectivity index (χ1v) is 7.55. The first-order valence-electron chi connectivity index (χ1n) is 5.79. The SMILES string of the molecule is CCSc1nsc(NC(=O)Nc2ccccc2C)n1. The summed E-state index contributed by atoms with van der Waals surface area (Å²) < 4.78 is 4.13. The van der Waals surface area contributed by atoms with Crippen molar-refractivity contribution in [1.82, 2.24) is 9.36 Å². The summed E-state index contributed by atoms with van der Waals surface area (Å²) in [4.78, 5) is 16.0. The molecule has 5 nitrogen and oxygen atoms in total. The van der Waals surface area contributed by atoms with Crippen LogP contribution in [0, 0.1) is 6.92 Å². The molecule has 0 aliphatic carbocycles. The third-order valence-corrected chi connectivity index (χ3v) is 3.77. The number of carbonyl (C=O) groups excluding carboxylic acids is 1. The van der Waals surface area contributed by atoms with Crippen molar-refractivity contribution in [3.63, 3.8) is 0 Å². The van der Waals surface area contributed by atoms with Crippen molar-refractivity contribution in [2.24, 2.45) is 0 Å². The minimum Gasteiger partial charge on any atom is -0.307 e. The summed E-state index contributed by atoms with van der Waals surface area (Å²) in [5.41, 5.74) is 1.80. The highest BCUT2D eigenvalue weighted by molar-refractivity contribution is 7.99. The van der Waals surface area contributed by atoms with Gasteiger partial charge in [-0.1, -0.05) is 36.9 Å². The molecule has 0 bridgehead atoms. The van der Waals surface area contributed by atoms with E-state index in [1.54, 1.807) is 11.8 Å². The fraction of sp³-hybridized carbons (Fsp3) is 0.250. The molecule has 100 valence electrons. The Morgan fingerprint density at radius 1 is 1.37 bits per heavy atom. The van der Waals surface area contributed by atoms with E-state index in [1.807, 2.05) is 38.1 Å². The van der Waals surface area contributed by atoms with Gasteiger partial charge in [-0.25, -0.2) is 4.79 Å². The maximum absolute atomic E-state index is 11.8. The molecular weight excluding hydrogens is 280 g/mol. The number of hydrogen-bond acceptors (Lipinski definition) is 5. The van der Waals surface area contributed by atoms with Crippen LogP contribution in [-0.2, 0) is 0 Å². The molecule has 2 aromatic rings. The molecule has 2 rings (SSSR count). The van der Waals surface area contributed by atoms with Crippen LogP contribution in [0.15, 0.2) is 29.4 Å². The van der Waals surface area contributed by atoms with Gasteiger partial charge >= 0.3 is 6.03 Å². The molecule has 2 N–H and O–H groups in total. The standard InChI is InChI=1S/C12H14N4OS2/c1-3-18-12-15-11(19-16-12)14-10(17)13-9-7-5-4-6-8(9)2/h4-7H,3H2,1-2H3,(H2,13,14,15,16,17). The maximum Gasteiger partial charge on any atom is 0.325 e. The van der Waals surface area contributed by atoms with Crippen molar-refractivity contribution in [2.75, 3.05) is 16.4 Å². The minimum absolute atomic E-state index is 0.307. The van der Waals surface area contributed by atoms with Gasteiger partial charge in [0.25, 0.3) is 0 Å². The van der Waals surface area contributed by atoms with Gasteiger partial charge in [-0.2, -0.15) is 9.36 Å². The Morgan fingerprint density at radius 3 is 2.89 bits per heavy atom. The zero-order valence-electron chi connectivity index (χ0n) is 10.6. The molecule has 7 heteroatoms. The Balaban J connectivity index is 1.95. The Hall–Kier alpha value is -1.60. The van der Waals surface area contributed by atoms with E-state index in [9.17, 15) is 4.79 Å². The third-order valence-electron chi connectivity index (χ3n) is 2.29. The number of benzene rings is 1. The molecule has 0 aliphatic rings. The highest BCUT2D eigenvalue weighted by atomic mass is 32.2. The normalized spacial score (nSPS) is 10.2. The number of para-hydroxylation sites is 1. The Morgan fingerprint density at radius 2 is 2.16 bits per heavy atom. The zero-order valence-corrected chi connectivity index (χ0v) is 12.3. The van der Waals surface area contributed by atoms with Crippen LogP contribution in [0.3, 0.4) is 0 Å². The average Bonchev–Trinajstić information content (AvgIpc) is 2.80. The van der Waals surface area contributed by atoms with Crippen LogP contribution < -0.4 is 10.6 Å². The molecule has 0 radical (unpaired) electrons. The van der Waals surface area contributed by atoms with E-state index < -0.39 is 0 Å². The largest absolute Gasteiger partial charge is 0.325 e. The molecule has 0 spiro atoms. The number of rotatable bonds is 4. The first-order chi connectivity index (χ1) is 9.19. The second kappa shape index (κ2) is 6.53. The predicted octanol–water partition coefficient (Wildman–Crippen LogP) is 3.60. The summed E-state index contributed by atoms with van der Waals surface area (Å²) in [5.74, 6) is 0.908. The number of aromatic nitrogens is 2. The quantitative estimate of drug-likeness (QED) is 0.845. The molecule has 0 fully saturated rings. The summed E-state index contributed by atoms with van der Waals surface area (Å²) in [6, 6.07) is 7.30. The van der Waals surface area contributed by atoms with Crippen LogP contribution >= 0.6 is 23.3 Å². The summed E-state index contributed by atoms with van der Waals surface area (Å²) >= 11 is 2.72. The summed E-state index contributed by atoms with van der Waals surface area (Å²) in [5, 5.41) is 6.66. The number of nitrogens with zero attached hydrogens (tertiary/aromatic N) is 2. The number of amides is 2. The number of urea groups is 1. The monoisotopic (exact) mass is 294 g/mol. The van der Waals surface area contributed by atoms with Gasteiger partial charge in [0.1, 0.15) is 0 Å². The second-order valence-corrected chi connectivity index (χ2v) is 5.69. The number of carbonyl (C=O) groups is 1. The maximum atomic E-state index is 11.8. The van der Waals surface area contributed by atoms with Crippen molar-refractivity contribution in [3.8, 4) is 0 Å². The van der Waals surface area contributed by atoms with Crippen molar-refractivity contribution in [3.05, 3.63) is 29.8 Å². The van der Waals surface area contributed by atoms with E-state index in [4.69, 9.17) is 0 Å². The van der Waals surface area contributed by atoms with Crippen molar-refractivity contribution >= 4 is 40.1 Å². The molecule has 0 unspecified atom stereocenters. The van der Waals surface area contributed by atoms with E-state index in [-0.39, 0.29) is 6.03 Å². The first kappa shape index (κ1) is 13.8. The molecule has 0 aliphatic heterocycles. The Kier molecular flexibility index (Phi) is 4.75. The lowest BCUT2D eigenvalue weighted by Crippen LogP contribution is -2.19. The lowest BCUT2D eigenvalue weighted by atomic mass is 10.2. The number of thioether (sulfide) groups is 1. The van der Waals surface area contributed by atoms with Gasteiger partial charge in [-0.3, -0.25) is 5.32 Å². The summed E-state index contributed by atoms with van der Waals surface area (Å²) in [7, 11) is 0. The van der Waals surface area contributed by atoms with E-state index >= 15 is 0 Å². The molecular formula is C12H14N4OS2. The van der Waals surface area contributed by atoms with Gasteiger partial charge in [0, 0.05) is 17.2 Å². The number of hydrogen-bond donors (Lipinski definition) is 2. The topological polar surface area (TPSA) is 66.9 Å². The zero-order chi connectivity index (χ0) is 13.7. The van der Waals surface area contributed by atoms with Gasteiger partial charge in [0.05, 0.1) is 0 Å². The molecule has 1 heterocycles. The molecule has 0 saturated carbocycles. The average molecular weight is 294 g/mol. The van der Waals surface area contributed by atoms with Gasteiger partial charge in [0.15, 0.2) is 0 Å². The van der Waals surface area contributed by atoms with Crippen LogP contribution in [-0.4, -0.2) is 21.1 Å². The van der Waals surface area contributed by atoms with Crippen LogP contribution in [0.4, 0.5) is 15.6 Å². The lowest BCUT2D eigenvalue weighted by molar-refractivity contribution is 0.262. The van der Waals surface area contributed by atoms with Crippen LogP contribution in [0.25, 0.3) is 0 Å². The molecule has 19 heavy (non-hydrogen) atoms. The Labute approximate surface area is 120 Å². The highest BCUT2D eigenvalue weighted by Crippen LogP contribution is 2.20. The van der Waals surface area contributed by atoms with Gasteiger partial charge in [-0.05, 0) is 24.3 Å². The molecule has 0 saturated heterocycles. The van der Waals surface area contributed by atoms with E-state index in [2.05, 4.69) is 20.0 Å². The number of anilines is 2. The minimum atomic E-state index is -0.307. The molecule has 1 aromatic carbocycles. The Bertz CT molecular complexity index is 570. The van der Waals surface area contributed by atoms with Crippen molar-refractivity contribution in [1.29, 1.82) is 0 Å². The van der Waals surface area contributed by atoms with Gasteiger partial charge in [0.2, 0.25) is 10.3 Å². The fourth-order valence-electron chi connectivity index (χ4n) is 1.41. The third kappa shape index (κ3) is 3.93. The van der Waals surface area contributed by atoms with E-state index in [1.165, 1.54) is 11.5 Å². The molecule has 1 aromatic heterocycles. The number of aryl methyl sites for hydroxylation is 1. The van der Waals surface area contributed by atoms with E-state index in [0.29, 0.717) is 10.3 Å². The highest BCUT2D eigenvalue weighted by Gasteiger charge is 2.08.